The summed E-state index contributed by atoms with van der Waals surface area (Å²) in [5, 5.41) is 12.1. The Morgan fingerprint density at radius 3 is 2.57 bits per heavy atom. The number of carbonyl (C=O) groups excluding carboxylic acids is 1. The third-order valence-electron chi connectivity index (χ3n) is 1.66. The van der Waals surface area contributed by atoms with Gasteiger partial charge in [0, 0.05) is 17.1 Å². The fourth-order valence-electron chi connectivity index (χ4n) is 0.944. The van der Waals surface area contributed by atoms with E-state index in [9.17, 15) is 4.79 Å². The van der Waals surface area contributed by atoms with E-state index < -0.39 is 6.10 Å². The minimum atomic E-state index is -0.536. The van der Waals surface area contributed by atoms with Crippen molar-refractivity contribution in [2.24, 2.45) is 0 Å². The van der Waals surface area contributed by atoms with Crippen LogP contribution in [0.25, 0.3) is 0 Å². The molecule has 1 aromatic carbocycles. The molecule has 1 rings (SSSR count). The lowest BCUT2D eigenvalue weighted by Crippen LogP contribution is -2.30. The van der Waals surface area contributed by atoms with Gasteiger partial charge in [-0.2, -0.15) is 0 Å². The van der Waals surface area contributed by atoms with Crippen LogP contribution < -0.4 is 5.32 Å². The molecule has 0 aromatic heterocycles. The highest BCUT2D eigenvalue weighted by Crippen LogP contribution is 2.09. The maximum absolute atomic E-state index is 11.4. The van der Waals surface area contributed by atoms with Gasteiger partial charge >= 0.3 is 0 Å². The van der Waals surface area contributed by atoms with Crippen molar-refractivity contribution in [3.05, 3.63) is 34.9 Å². The number of rotatable bonds is 3. The minimum Gasteiger partial charge on any atom is -0.392 e. The average molecular weight is 214 g/mol. The number of nitrogens with one attached hydrogen (secondary N) is 1. The fraction of sp³-hybridized carbons (Fsp3) is 0.300. The summed E-state index contributed by atoms with van der Waals surface area (Å²) in [6.07, 6.45) is -0.536. The number of carbonyl (C=O) groups is 1. The standard InChI is InChI=1S/C10H12ClNO2/c1-7(13)6-12-10(14)8-2-4-9(11)5-3-8/h2-5,7,13H,6H2,1H3,(H,12,14)/t7-/m1/s1. The van der Waals surface area contributed by atoms with Crippen molar-refractivity contribution in [3.8, 4) is 0 Å². The van der Waals surface area contributed by atoms with Crippen LogP contribution in [0.15, 0.2) is 24.3 Å². The summed E-state index contributed by atoms with van der Waals surface area (Å²) in [6, 6.07) is 6.58. The largest absolute Gasteiger partial charge is 0.392 e. The van der Waals surface area contributed by atoms with E-state index >= 15 is 0 Å². The van der Waals surface area contributed by atoms with E-state index in [1.165, 1.54) is 0 Å². The maximum Gasteiger partial charge on any atom is 0.251 e. The van der Waals surface area contributed by atoms with Gasteiger partial charge in [0.05, 0.1) is 6.10 Å². The van der Waals surface area contributed by atoms with E-state index in [1.54, 1.807) is 31.2 Å². The van der Waals surface area contributed by atoms with E-state index in [-0.39, 0.29) is 12.5 Å². The summed E-state index contributed by atoms with van der Waals surface area (Å²) in [5.41, 5.74) is 0.537. The van der Waals surface area contributed by atoms with E-state index in [0.717, 1.165) is 0 Å². The highest BCUT2D eigenvalue weighted by molar-refractivity contribution is 6.30. The number of amides is 1. The van der Waals surface area contributed by atoms with Crippen LogP contribution in [0.4, 0.5) is 0 Å². The monoisotopic (exact) mass is 213 g/mol. The van der Waals surface area contributed by atoms with Gasteiger partial charge in [-0.15, -0.1) is 0 Å². The maximum atomic E-state index is 11.4. The molecule has 0 aliphatic carbocycles. The van der Waals surface area contributed by atoms with Crippen LogP contribution >= 0.6 is 11.6 Å². The number of hydrogen-bond acceptors (Lipinski definition) is 2. The molecule has 4 heteroatoms. The minimum absolute atomic E-state index is 0.206. The first kappa shape index (κ1) is 11.0. The summed E-state index contributed by atoms with van der Waals surface area (Å²) in [4.78, 5) is 11.4. The SMILES string of the molecule is C[C@@H](O)CNC(=O)c1ccc(Cl)cc1. The molecule has 1 amide bonds. The van der Waals surface area contributed by atoms with E-state index in [4.69, 9.17) is 16.7 Å². The van der Waals surface area contributed by atoms with Gasteiger partial charge in [-0.05, 0) is 31.2 Å². The fourth-order valence-corrected chi connectivity index (χ4v) is 1.07. The summed E-state index contributed by atoms with van der Waals surface area (Å²) >= 11 is 5.67. The second kappa shape index (κ2) is 4.98. The molecule has 0 saturated carbocycles. The lowest BCUT2D eigenvalue weighted by atomic mass is 10.2. The molecule has 0 saturated heterocycles. The number of benzene rings is 1. The third kappa shape index (κ3) is 3.36. The molecule has 3 nitrogen and oxygen atoms in total. The van der Waals surface area contributed by atoms with Gasteiger partial charge in [0.15, 0.2) is 0 Å². The van der Waals surface area contributed by atoms with Gasteiger partial charge in [0.2, 0.25) is 0 Å². The second-order valence-electron chi connectivity index (χ2n) is 3.07. The van der Waals surface area contributed by atoms with Crippen LogP contribution in [-0.2, 0) is 0 Å². The van der Waals surface area contributed by atoms with Crippen LogP contribution in [0.2, 0.25) is 5.02 Å². The molecule has 0 aliphatic rings. The molecule has 76 valence electrons. The third-order valence-corrected chi connectivity index (χ3v) is 1.92. The van der Waals surface area contributed by atoms with Crippen molar-refractivity contribution in [3.63, 3.8) is 0 Å². The Bertz CT molecular complexity index is 308. The highest BCUT2D eigenvalue weighted by Gasteiger charge is 2.05. The number of aliphatic hydroxyl groups is 1. The van der Waals surface area contributed by atoms with Crippen LogP contribution in [0.3, 0.4) is 0 Å². The first-order chi connectivity index (χ1) is 6.59. The predicted octanol–water partition coefficient (Wildman–Crippen LogP) is 1.45. The van der Waals surface area contributed by atoms with Crippen LogP contribution in [-0.4, -0.2) is 23.7 Å². The zero-order valence-corrected chi connectivity index (χ0v) is 8.58. The summed E-state index contributed by atoms with van der Waals surface area (Å²) in [7, 11) is 0. The van der Waals surface area contributed by atoms with Crippen LogP contribution in [0.5, 0.6) is 0 Å². The predicted molar refractivity (Wildman–Crippen MR) is 55.5 cm³/mol. The zero-order valence-electron chi connectivity index (χ0n) is 7.83. The quantitative estimate of drug-likeness (QED) is 0.799. The Hall–Kier alpha value is -1.06. The molecule has 0 spiro atoms. The second-order valence-corrected chi connectivity index (χ2v) is 3.50. The molecule has 2 N–H and O–H groups in total. The van der Waals surface area contributed by atoms with Crippen molar-refractivity contribution in [2.75, 3.05) is 6.54 Å². The van der Waals surface area contributed by atoms with Crippen molar-refractivity contribution in [2.45, 2.75) is 13.0 Å². The number of aliphatic hydroxyl groups excluding tert-OH is 1. The molecule has 0 aliphatic heterocycles. The summed E-state index contributed by atoms with van der Waals surface area (Å²) < 4.78 is 0. The Kier molecular flexibility index (Phi) is 3.92. The summed E-state index contributed by atoms with van der Waals surface area (Å²) in [5.74, 6) is -0.206. The van der Waals surface area contributed by atoms with Crippen LogP contribution in [0.1, 0.15) is 17.3 Å². The molecule has 14 heavy (non-hydrogen) atoms. The molecule has 0 heterocycles. The van der Waals surface area contributed by atoms with Gasteiger partial charge in [0.25, 0.3) is 5.91 Å². The molecule has 1 aromatic rings. The van der Waals surface area contributed by atoms with Gasteiger partial charge in [-0.25, -0.2) is 0 Å². The lowest BCUT2D eigenvalue weighted by molar-refractivity contribution is 0.0924. The molecule has 0 fully saturated rings. The van der Waals surface area contributed by atoms with Crippen molar-refractivity contribution in [1.82, 2.24) is 5.32 Å². The van der Waals surface area contributed by atoms with Gasteiger partial charge in [-0.3, -0.25) is 4.79 Å². The molecule has 0 bridgehead atoms. The van der Waals surface area contributed by atoms with Gasteiger partial charge in [-0.1, -0.05) is 11.6 Å². The van der Waals surface area contributed by atoms with Crippen LogP contribution in [0, 0.1) is 0 Å². The Morgan fingerprint density at radius 1 is 1.50 bits per heavy atom. The Morgan fingerprint density at radius 2 is 2.07 bits per heavy atom. The van der Waals surface area contributed by atoms with Gasteiger partial charge in [0.1, 0.15) is 0 Å². The Balaban J connectivity index is 2.57. The molecular formula is C10H12ClNO2. The van der Waals surface area contributed by atoms with E-state index in [2.05, 4.69) is 5.32 Å². The van der Waals surface area contributed by atoms with Crippen molar-refractivity contribution < 1.29 is 9.90 Å². The van der Waals surface area contributed by atoms with Gasteiger partial charge < -0.3 is 10.4 Å². The first-order valence-electron chi connectivity index (χ1n) is 4.31. The highest BCUT2D eigenvalue weighted by atomic mass is 35.5. The van der Waals surface area contributed by atoms with Crippen molar-refractivity contribution in [1.29, 1.82) is 0 Å². The topological polar surface area (TPSA) is 49.3 Å². The number of halogens is 1. The number of hydrogen-bond donors (Lipinski definition) is 2. The average Bonchev–Trinajstić information content (AvgIpc) is 2.15. The lowest BCUT2D eigenvalue weighted by Gasteiger charge is -2.06. The van der Waals surface area contributed by atoms with E-state index in [0.29, 0.717) is 10.6 Å². The Labute approximate surface area is 87.7 Å². The molecule has 0 unspecified atom stereocenters. The summed E-state index contributed by atoms with van der Waals surface area (Å²) in [6.45, 7) is 1.86. The van der Waals surface area contributed by atoms with E-state index in [1.807, 2.05) is 0 Å². The smallest absolute Gasteiger partial charge is 0.251 e. The molecule has 1 atom stereocenters. The normalized spacial score (nSPS) is 12.2. The molecule has 0 radical (unpaired) electrons. The first-order valence-corrected chi connectivity index (χ1v) is 4.69. The molecular weight excluding hydrogens is 202 g/mol. The zero-order chi connectivity index (χ0) is 10.6. The van der Waals surface area contributed by atoms with Crippen molar-refractivity contribution >= 4 is 17.5 Å².